The van der Waals surface area contributed by atoms with Gasteiger partial charge in [-0.25, -0.2) is 0 Å². The predicted molar refractivity (Wildman–Crippen MR) is 77.1 cm³/mol. The Bertz CT molecular complexity index is 315. The number of thioether (sulfide) groups is 1. The molecule has 3 heteroatoms. The van der Waals surface area contributed by atoms with Crippen LogP contribution in [0.5, 0.6) is 0 Å². The number of halogens is 1. The number of unbranched alkanes of at least 4 members (excludes halogenated alkanes) is 2. The molecule has 0 saturated carbocycles. The Morgan fingerprint density at radius 1 is 1.31 bits per heavy atom. The van der Waals surface area contributed by atoms with Crippen molar-refractivity contribution in [3.05, 3.63) is 28.2 Å². The summed E-state index contributed by atoms with van der Waals surface area (Å²) in [6.07, 6.45) is 4.88. The van der Waals surface area contributed by atoms with Gasteiger partial charge in [-0.2, -0.15) is 0 Å². The lowest BCUT2D eigenvalue weighted by molar-refractivity contribution is 0.778. The average molecular weight is 302 g/mol. The van der Waals surface area contributed by atoms with E-state index in [-0.39, 0.29) is 0 Å². The monoisotopic (exact) mass is 301 g/mol. The molecule has 0 atom stereocenters. The number of hydrogen-bond donors (Lipinski definition) is 1. The van der Waals surface area contributed by atoms with E-state index in [0.717, 1.165) is 6.42 Å². The van der Waals surface area contributed by atoms with Gasteiger partial charge in [0.2, 0.25) is 0 Å². The van der Waals surface area contributed by atoms with Crippen LogP contribution in [-0.4, -0.2) is 12.3 Å². The number of nitrogens with two attached hydrogens (primary N) is 1. The predicted octanol–water partition coefficient (Wildman–Crippen LogP) is 4.23. The third-order valence-electron chi connectivity index (χ3n) is 2.45. The Morgan fingerprint density at radius 2 is 2.12 bits per heavy atom. The maximum absolute atomic E-state index is 5.55. The molecule has 1 rings (SSSR count). The lowest BCUT2D eigenvalue weighted by Crippen LogP contribution is -2.03. The first kappa shape index (κ1) is 14.1. The van der Waals surface area contributed by atoms with Crippen molar-refractivity contribution >= 4 is 27.7 Å². The quantitative estimate of drug-likeness (QED) is 0.602. The molecular formula is C13H20BrNS. The van der Waals surface area contributed by atoms with Crippen molar-refractivity contribution in [3.63, 3.8) is 0 Å². The third kappa shape index (κ3) is 4.89. The standard InChI is InChI=1S/C13H20BrNS/c1-2-3-4-9-16-12-6-5-11(7-8-15)13(14)10-12/h5-6,10H,2-4,7-9,15H2,1H3. The fourth-order valence-electron chi connectivity index (χ4n) is 1.52. The average Bonchev–Trinajstić information content (AvgIpc) is 2.28. The van der Waals surface area contributed by atoms with Gasteiger partial charge in [-0.15, -0.1) is 11.8 Å². The number of rotatable bonds is 7. The molecule has 1 aromatic carbocycles. The van der Waals surface area contributed by atoms with Gasteiger partial charge in [0.1, 0.15) is 0 Å². The summed E-state index contributed by atoms with van der Waals surface area (Å²) in [7, 11) is 0. The second kappa shape index (κ2) is 8.15. The van der Waals surface area contributed by atoms with Crippen molar-refractivity contribution in [1.82, 2.24) is 0 Å². The molecule has 0 heterocycles. The minimum absolute atomic E-state index is 0.710. The molecule has 1 aromatic rings. The van der Waals surface area contributed by atoms with Crippen LogP contribution >= 0.6 is 27.7 Å². The van der Waals surface area contributed by atoms with Crippen LogP contribution in [0.4, 0.5) is 0 Å². The van der Waals surface area contributed by atoms with E-state index in [0.29, 0.717) is 6.54 Å². The molecule has 0 aliphatic carbocycles. The molecule has 0 aliphatic rings. The van der Waals surface area contributed by atoms with Crippen LogP contribution in [0, 0.1) is 0 Å². The Kier molecular flexibility index (Phi) is 7.17. The summed E-state index contributed by atoms with van der Waals surface area (Å²) in [5.74, 6) is 1.22. The van der Waals surface area contributed by atoms with E-state index >= 15 is 0 Å². The summed E-state index contributed by atoms with van der Waals surface area (Å²) < 4.78 is 1.19. The first-order valence-electron chi connectivity index (χ1n) is 5.89. The van der Waals surface area contributed by atoms with E-state index in [2.05, 4.69) is 41.1 Å². The van der Waals surface area contributed by atoms with Gasteiger partial charge in [-0.3, -0.25) is 0 Å². The zero-order valence-electron chi connectivity index (χ0n) is 9.84. The van der Waals surface area contributed by atoms with Gasteiger partial charge < -0.3 is 5.73 Å². The molecule has 0 bridgehead atoms. The highest BCUT2D eigenvalue weighted by Crippen LogP contribution is 2.26. The zero-order chi connectivity index (χ0) is 11.8. The van der Waals surface area contributed by atoms with Gasteiger partial charge in [0.05, 0.1) is 0 Å². The first-order valence-corrected chi connectivity index (χ1v) is 7.67. The van der Waals surface area contributed by atoms with E-state index in [4.69, 9.17) is 5.73 Å². The van der Waals surface area contributed by atoms with Crippen LogP contribution in [0.25, 0.3) is 0 Å². The highest BCUT2D eigenvalue weighted by atomic mass is 79.9. The van der Waals surface area contributed by atoms with Gasteiger partial charge in [-0.05, 0) is 42.8 Å². The van der Waals surface area contributed by atoms with E-state index in [1.54, 1.807) is 0 Å². The van der Waals surface area contributed by atoms with Crippen molar-refractivity contribution in [1.29, 1.82) is 0 Å². The second-order valence-corrected chi connectivity index (χ2v) is 5.87. The van der Waals surface area contributed by atoms with Crippen LogP contribution in [0.3, 0.4) is 0 Å². The molecular weight excluding hydrogens is 282 g/mol. The Labute approximate surface area is 111 Å². The minimum Gasteiger partial charge on any atom is -0.330 e. The van der Waals surface area contributed by atoms with Crippen LogP contribution in [0.15, 0.2) is 27.6 Å². The van der Waals surface area contributed by atoms with E-state index in [1.807, 2.05) is 11.8 Å². The highest BCUT2D eigenvalue weighted by Gasteiger charge is 2.01. The second-order valence-electron chi connectivity index (χ2n) is 3.85. The van der Waals surface area contributed by atoms with E-state index in [9.17, 15) is 0 Å². The Morgan fingerprint density at radius 3 is 2.75 bits per heavy atom. The summed E-state index contributed by atoms with van der Waals surface area (Å²) in [4.78, 5) is 1.35. The SMILES string of the molecule is CCCCCSc1ccc(CCN)c(Br)c1. The molecule has 0 amide bonds. The summed E-state index contributed by atoms with van der Waals surface area (Å²) >= 11 is 5.54. The summed E-state index contributed by atoms with van der Waals surface area (Å²) in [5.41, 5.74) is 6.86. The smallest absolute Gasteiger partial charge is 0.0218 e. The fourth-order valence-corrected chi connectivity index (χ4v) is 3.20. The highest BCUT2D eigenvalue weighted by molar-refractivity contribution is 9.10. The van der Waals surface area contributed by atoms with Crippen LogP contribution in [0.1, 0.15) is 31.7 Å². The normalized spacial score (nSPS) is 10.7. The maximum Gasteiger partial charge on any atom is 0.0218 e. The zero-order valence-corrected chi connectivity index (χ0v) is 12.2. The van der Waals surface area contributed by atoms with Gasteiger partial charge in [0.25, 0.3) is 0 Å². The molecule has 90 valence electrons. The molecule has 0 saturated heterocycles. The van der Waals surface area contributed by atoms with Crippen molar-refractivity contribution in [2.24, 2.45) is 5.73 Å². The first-order chi connectivity index (χ1) is 7.77. The van der Waals surface area contributed by atoms with Gasteiger partial charge in [0.15, 0.2) is 0 Å². The van der Waals surface area contributed by atoms with Crippen LogP contribution in [0.2, 0.25) is 0 Å². The fraction of sp³-hybridized carbons (Fsp3) is 0.538. The summed E-state index contributed by atoms with van der Waals surface area (Å²) in [6.45, 7) is 2.95. The molecule has 0 fully saturated rings. The van der Waals surface area contributed by atoms with Crippen molar-refractivity contribution in [2.45, 2.75) is 37.5 Å². The molecule has 0 aliphatic heterocycles. The van der Waals surface area contributed by atoms with Crippen molar-refractivity contribution < 1.29 is 0 Å². The molecule has 0 unspecified atom stereocenters. The van der Waals surface area contributed by atoms with Gasteiger partial charge in [-0.1, -0.05) is 41.8 Å². The van der Waals surface area contributed by atoms with Crippen LogP contribution in [-0.2, 0) is 6.42 Å². The van der Waals surface area contributed by atoms with E-state index in [1.165, 1.54) is 39.9 Å². The number of hydrogen-bond acceptors (Lipinski definition) is 2. The van der Waals surface area contributed by atoms with Crippen molar-refractivity contribution in [2.75, 3.05) is 12.3 Å². The Hall–Kier alpha value is 0.01000. The van der Waals surface area contributed by atoms with E-state index < -0.39 is 0 Å². The maximum atomic E-state index is 5.55. The lowest BCUT2D eigenvalue weighted by Gasteiger charge is -2.06. The number of benzene rings is 1. The molecule has 16 heavy (non-hydrogen) atoms. The molecule has 2 N–H and O–H groups in total. The molecule has 0 aromatic heterocycles. The largest absolute Gasteiger partial charge is 0.330 e. The van der Waals surface area contributed by atoms with Gasteiger partial charge >= 0.3 is 0 Å². The van der Waals surface area contributed by atoms with Crippen LogP contribution < -0.4 is 5.73 Å². The van der Waals surface area contributed by atoms with Crippen molar-refractivity contribution in [3.8, 4) is 0 Å². The Balaban J connectivity index is 2.46. The third-order valence-corrected chi connectivity index (χ3v) is 4.27. The topological polar surface area (TPSA) is 26.0 Å². The molecule has 0 radical (unpaired) electrons. The summed E-state index contributed by atoms with van der Waals surface area (Å²) in [5, 5.41) is 0. The molecule has 1 nitrogen and oxygen atoms in total. The molecule has 0 spiro atoms. The lowest BCUT2D eigenvalue weighted by atomic mass is 10.1. The summed E-state index contributed by atoms with van der Waals surface area (Å²) in [6, 6.07) is 6.59. The minimum atomic E-state index is 0.710. The van der Waals surface area contributed by atoms with Gasteiger partial charge in [0, 0.05) is 9.37 Å².